The lowest BCUT2D eigenvalue weighted by Crippen LogP contribution is -2.18. The highest BCUT2D eigenvalue weighted by Crippen LogP contribution is 2.34. The van der Waals surface area contributed by atoms with E-state index in [0.29, 0.717) is 24.3 Å². The van der Waals surface area contributed by atoms with Crippen LogP contribution in [0.15, 0.2) is 23.3 Å². The smallest absolute Gasteiger partial charge is 0.223 e. The van der Waals surface area contributed by atoms with E-state index in [9.17, 15) is 4.79 Å². The lowest BCUT2D eigenvalue weighted by atomic mass is 10.1. The zero-order valence-electron chi connectivity index (χ0n) is 9.89. The first-order valence-corrected chi connectivity index (χ1v) is 6.38. The summed E-state index contributed by atoms with van der Waals surface area (Å²) in [5, 5.41) is 3.30. The van der Waals surface area contributed by atoms with Gasteiger partial charge in [0, 0.05) is 30.8 Å². The monoisotopic (exact) mass is 234 g/mol. The molecule has 1 N–H and O–H groups in total. The van der Waals surface area contributed by atoms with Gasteiger partial charge >= 0.3 is 0 Å². The van der Waals surface area contributed by atoms with Gasteiger partial charge in [-0.3, -0.25) is 4.79 Å². The van der Waals surface area contributed by atoms with E-state index in [1.807, 2.05) is 12.4 Å². The fourth-order valence-electron chi connectivity index (χ4n) is 2.25. The summed E-state index contributed by atoms with van der Waals surface area (Å²) in [6, 6.07) is 2.20. The number of hydrogen-bond acceptors (Lipinski definition) is 3. The minimum Gasteiger partial charge on any atom is -0.488 e. The third-order valence-corrected chi connectivity index (χ3v) is 3.51. The predicted molar refractivity (Wildman–Crippen MR) is 65.4 cm³/mol. The normalized spacial score (nSPS) is 23.9. The second-order valence-electron chi connectivity index (χ2n) is 5.02. The maximum absolute atomic E-state index is 11.7. The summed E-state index contributed by atoms with van der Waals surface area (Å²) < 4.78 is 7.77. The van der Waals surface area contributed by atoms with Crippen LogP contribution in [-0.2, 0) is 0 Å². The maximum atomic E-state index is 11.7. The van der Waals surface area contributed by atoms with Crippen molar-refractivity contribution in [3.8, 4) is 5.75 Å². The van der Waals surface area contributed by atoms with Gasteiger partial charge in [-0.1, -0.05) is 0 Å². The molecule has 2 heterocycles. The average Bonchev–Trinajstić information content (AvgIpc) is 3.05. The zero-order valence-corrected chi connectivity index (χ0v) is 9.89. The third kappa shape index (κ3) is 2.52. The molecule has 4 heteroatoms. The maximum Gasteiger partial charge on any atom is 0.223 e. The molecule has 1 saturated heterocycles. The standard InChI is InChI=1S/C13H18N2O2/c16-12-4-6-15(11-1-2-11)8-13(12)17-9-10-3-5-14-7-10/h4,6,8,10-11,14H,1-3,5,7,9H2. The van der Waals surface area contributed by atoms with Gasteiger partial charge in [-0.05, 0) is 25.8 Å². The van der Waals surface area contributed by atoms with E-state index in [1.54, 1.807) is 6.07 Å². The number of hydrogen-bond donors (Lipinski definition) is 1. The predicted octanol–water partition coefficient (Wildman–Crippen LogP) is 1.17. The summed E-state index contributed by atoms with van der Waals surface area (Å²) in [5.41, 5.74) is -0.00661. The Labute approximate surface area is 101 Å². The topological polar surface area (TPSA) is 43.3 Å². The van der Waals surface area contributed by atoms with E-state index in [-0.39, 0.29) is 5.43 Å². The number of aromatic nitrogens is 1. The van der Waals surface area contributed by atoms with E-state index in [2.05, 4.69) is 9.88 Å². The van der Waals surface area contributed by atoms with E-state index in [1.165, 1.54) is 12.8 Å². The van der Waals surface area contributed by atoms with Crippen LogP contribution in [0.5, 0.6) is 5.75 Å². The molecule has 1 aromatic heterocycles. The van der Waals surface area contributed by atoms with Crippen molar-refractivity contribution >= 4 is 0 Å². The zero-order chi connectivity index (χ0) is 11.7. The van der Waals surface area contributed by atoms with Gasteiger partial charge in [0.2, 0.25) is 5.43 Å². The van der Waals surface area contributed by atoms with Gasteiger partial charge in [-0.25, -0.2) is 0 Å². The van der Waals surface area contributed by atoms with E-state index in [4.69, 9.17) is 4.74 Å². The Morgan fingerprint density at radius 2 is 2.29 bits per heavy atom. The van der Waals surface area contributed by atoms with Gasteiger partial charge in [0.25, 0.3) is 0 Å². The fraction of sp³-hybridized carbons (Fsp3) is 0.615. The van der Waals surface area contributed by atoms with Crippen molar-refractivity contribution in [2.75, 3.05) is 19.7 Å². The van der Waals surface area contributed by atoms with Crippen molar-refractivity contribution in [2.24, 2.45) is 5.92 Å². The van der Waals surface area contributed by atoms with Crippen molar-refractivity contribution in [3.05, 3.63) is 28.7 Å². The van der Waals surface area contributed by atoms with Gasteiger partial charge in [-0.2, -0.15) is 0 Å². The Morgan fingerprint density at radius 3 is 3.00 bits per heavy atom. The van der Waals surface area contributed by atoms with Crippen LogP contribution < -0.4 is 15.5 Å². The highest BCUT2D eigenvalue weighted by Gasteiger charge is 2.23. The highest BCUT2D eigenvalue weighted by atomic mass is 16.5. The van der Waals surface area contributed by atoms with E-state index < -0.39 is 0 Å². The van der Waals surface area contributed by atoms with Crippen LogP contribution in [0.4, 0.5) is 0 Å². The Kier molecular flexibility index (Phi) is 2.89. The van der Waals surface area contributed by atoms with Crippen LogP contribution in [0.2, 0.25) is 0 Å². The van der Waals surface area contributed by atoms with Crippen LogP contribution in [0.1, 0.15) is 25.3 Å². The molecule has 0 spiro atoms. The largest absolute Gasteiger partial charge is 0.488 e. The molecule has 0 bridgehead atoms. The van der Waals surface area contributed by atoms with Crippen molar-refractivity contribution in [1.29, 1.82) is 0 Å². The van der Waals surface area contributed by atoms with Gasteiger partial charge in [0.1, 0.15) is 0 Å². The Balaban J connectivity index is 1.67. The molecule has 17 heavy (non-hydrogen) atoms. The first kappa shape index (κ1) is 10.8. The molecule has 1 saturated carbocycles. The van der Waals surface area contributed by atoms with Crippen molar-refractivity contribution in [2.45, 2.75) is 25.3 Å². The fourth-order valence-corrected chi connectivity index (χ4v) is 2.25. The second-order valence-corrected chi connectivity index (χ2v) is 5.02. The summed E-state index contributed by atoms with van der Waals surface area (Å²) in [6.07, 6.45) is 7.31. The molecule has 1 aliphatic heterocycles. The molecule has 1 atom stereocenters. The molecule has 4 nitrogen and oxygen atoms in total. The molecule has 0 radical (unpaired) electrons. The lowest BCUT2D eigenvalue weighted by Gasteiger charge is -2.12. The van der Waals surface area contributed by atoms with E-state index in [0.717, 1.165) is 19.5 Å². The number of nitrogens with zero attached hydrogens (tertiary/aromatic N) is 1. The van der Waals surface area contributed by atoms with Crippen molar-refractivity contribution in [3.63, 3.8) is 0 Å². The minimum absolute atomic E-state index is 0.00661. The molecule has 3 rings (SSSR count). The number of rotatable bonds is 4. The van der Waals surface area contributed by atoms with Gasteiger partial charge in [0.05, 0.1) is 12.8 Å². The molecule has 0 amide bonds. The van der Waals surface area contributed by atoms with E-state index >= 15 is 0 Å². The SMILES string of the molecule is O=c1ccn(C2CC2)cc1OCC1CCNC1. The molecule has 2 aliphatic rings. The number of ether oxygens (including phenoxy) is 1. The van der Waals surface area contributed by atoms with Crippen LogP contribution in [0, 0.1) is 5.92 Å². The van der Waals surface area contributed by atoms with Crippen molar-refractivity contribution in [1.82, 2.24) is 9.88 Å². The summed E-state index contributed by atoms with van der Waals surface area (Å²) in [6.45, 7) is 2.72. The Morgan fingerprint density at radius 1 is 1.41 bits per heavy atom. The summed E-state index contributed by atoms with van der Waals surface area (Å²) in [7, 11) is 0. The summed E-state index contributed by atoms with van der Waals surface area (Å²) in [4.78, 5) is 11.7. The van der Waals surface area contributed by atoms with Crippen LogP contribution >= 0.6 is 0 Å². The minimum atomic E-state index is -0.00661. The second kappa shape index (κ2) is 4.53. The molecule has 2 fully saturated rings. The lowest BCUT2D eigenvalue weighted by molar-refractivity contribution is 0.256. The summed E-state index contributed by atoms with van der Waals surface area (Å²) >= 11 is 0. The molecule has 1 aromatic rings. The Hall–Kier alpha value is -1.29. The van der Waals surface area contributed by atoms with Gasteiger partial charge in [-0.15, -0.1) is 0 Å². The van der Waals surface area contributed by atoms with Crippen LogP contribution in [0.25, 0.3) is 0 Å². The Bertz CT molecular complexity index is 445. The van der Waals surface area contributed by atoms with Crippen LogP contribution in [-0.4, -0.2) is 24.3 Å². The molecule has 0 aromatic carbocycles. The number of nitrogens with one attached hydrogen (secondary N) is 1. The molecule has 1 aliphatic carbocycles. The van der Waals surface area contributed by atoms with Gasteiger partial charge < -0.3 is 14.6 Å². The van der Waals surface area contributed by atoms with Gasteiger partial charge in [0.15, 0.2) is 5.75 Å². The van der Waals surface area contributed by atoms with Crippen LogP contribution in [0.3, 0.4) is 0 Å². The first-order chi connectivity index (χ1) is 8.33. The quantitative estimate of drug-likeness (QED) is 0.850. The summed E-state index contributed by atoms with van der Waals surface area (Å²) in [5.74, 6) is 1.05. The molecular weight excluding hydrogens is 216 g/mol. The third-order valence-electron chi connectivity index (χ3n) is 3.51. The average molecular weight is 234 g/mol. The highest BCUT2D eigenvalue weighted by molar-refractivity contribution is 5.18. The molecule has 1 unspecified atom stereocenters. The first-order valence-electron chi connectivity index (χ1n) is 6.38. The molecular formula is C13H18N2O2. The molecule has 92 valence electrons. The van der Waals surface area contributed by atoms with Crippen molar-refractivity contribution < 1.29 is 4.74 Å². The number of pyridine rings is 1.